The number of aliphatic imine (C=N–C) groups is 1. The highest BCUT2D eigenvalue weighted by atomic mass is 32.2. The molecule has 1 saturated heterocycles. The van der Waals surface area contributed by atoms with Gasteiger partial charge in [0.2, 0.25) is 5.91 Å². The molecule has 30 heavy (non-hydrogen) atoms. The Labute approximate surface area is 183 Å². The molecule has 6 nitrogen and oxygen atoms in total. The van der Waals surface area contributed by atoms with Gasteiger partial charge in [-0.3, -0.25) is 4.79 Å². The maximum absolute atomic E-state index is 13.1. The molecule has 0 bridgehead atoms. The first-order valence-electron chi connectivity index (χ1n) is 10.7. The predicted molar refractivity (Wildman–Crippen MR) is 122 cm³/mol. The lowest BCUT2D eigenvalue weighted by Gasteiger charge is -2.40. The third-order valence-electron chi connectivity index (χ3n) is 4.99. The quantitative estimate of drug-likeness (QED) is 0.634. The van der Waals surface area contributed by atoms with E-state index in [0.717, 1.165) is 41.6 Å². The first-order valence-corrected chi connectivity index (χ1v) is 11.6. The Morgan fingerprint density at radius 1 is 1.37 bits per heavy atom. The van der Waals surface area contributed by atoms with Crippen LogP contribution >= 0.6 is 11.8 Å². The van der Waals surface area contributed by atoms with Gasteiger partial charge in [-0.25, -0.2) is 9.79 Å². The number of ether oxygens (including phenoxy) is 1. The van der Waals surface area contributed by atoms with Crippen LogP contribution in [0.2, 0.25) is 0 Å². The van der Waals surface area contributed by atoms with Crippen LogP contribution in [0.1, 0.15) is 58.6 Å². The number of rotatable bonds is 7. The zero-order valence-electron chi connectivity index (χ0n) is 18.2. The molecule has 0 saturated carbocycles. The molecule has 2 heterocycles. The van der Waals surface area contributed by atoms with E-state index in [1.54, 1.807) is 11.8 Å². The number of amidine groups is 1. The number of amides is 1. The van der Waals surface area contributed by atoms with E-state index in [1.807, 2.05) is 52.0 Å². The van der Waals surface area contributed by atoms with Crippen molar-refractivity contribution in [3.63, 3.8) is 0 Å². The molecule has 7 heteroatoms. The minimum Gasteiger partial charge on any atom is -0.462 e. The smallest absolute Gasteiger partial charge is 0.338 e. The molecule has 0 radical (unpaired) electrons. The highest BCUT2D eigenvalue weighted by molar-refractivity contribution is 8.13. The highest BCUT2D eigenvalue weighted by Gasteiger charge is 2.38. The maximum Gasteiger partial charge on any atom is 0.338 e. The maximum atomic E-state index is 13.1. The molecule has 2 aliphatic rings. The molecule has 1 fully saturated rings. The molecule has 1 aromatic rings. The van der Waals surface area contributed by atoms with Gasteiger partial charge in [0.05, 0.1) is 23.9 Å². The molecular formula is C23H31N3O3S. The number of fused-ring (bicyclic) bond motifs is 1. The van der Waals surface area contributed by atoms with E-state index in [4.69, 9.17) is 9.73 Å². The van der Waals surface area contributed by atoms with Gasteiger partial charge in [-0.1, -0.05) is 44.7 Å². The minimum absolute atomic E-state index is 0.00244. The number of hydrogen-bond donors (Lipinski definition) is 1. The first-order chi connectivity index (χ1) is 14.4. The SMILES string of the molecule is CCCC(=O)Nc1cccc(C2C(C(=O)OCC(C)C)=C(C)N=C3SCCCN32)c1. The van der Waals surface area contributed by atoms with Crippen molar-refractivity contribution in [3.05, 3.63) is 41.1 Å². The van der Waals surface area contributed by atoms with Gasteiger partial charge >= 0.3 is 5.97 Å². The lowest BCUT2D eigenvalue weighted by Crippen LogP contribution is -2.42. The Kier molecular flexibility index (Phi) is 7.58. The second kappa shape index (κ2) is 10.2. The predicted octanol–water partition coefficient (Wildman–Crippen LogP) is 4.75. The molecule has 1 N–H and O–H groups in total. The molecule has 1 unspecified atom stereocenters. The summed E-state index contributed by atoms with van der Waals surface area (Å²) in [6.07, 6.45) is 2.31. The van der Waals surface area contributed by atoms with Crippen LogP contribution in [0.15, 0.2) is 40.5 Å². The fourth-order valence-corrected chi connectivity index (χ4v) is 4.65. The number of carbonyl (C=O) groups excluding carboxylic acids is 2. The van der Waals surface area contributed by atoms with E-state index >= 15 is 0 Å². The topological polar surface area (TPSA) is 71.0 Å². The van der Waals surface area contributed by atoms with E-state index < -0.39 is 0 Å². The number of carbonyl (C=O) groups is 2. The number of thioether (sulfide) groups is 1. The summed E-state index contributed by atoms with van der Waals surface area (Å²) in [5.41, 5.74) is 2.98. The number of anilines is 1. The van der Waals surface area contributed by atoms with Gasteiger partial charge in [0.25, 0.3) is 0 Å². The Morgan fingerprint density at radius 3 is 2.90 bits per heavy atom. The summed E-state index contributed by atoms with van der Waals surface area (Å²) in [6.45, 7) is 9.11. The van der Waals surface area contributed by atoms with Gasteiger partial charge in [0.1, 0.15) is 0 Å². The summed E-state index contributed by atoms with van der Waals surface area (Å²) in [4.78, 5) is 32.1. The largest absolute Gasteiger partial charge is 0.462 e. The molecule has 1 atom stereocenters. The highest BCUT2D eigenvalue weighted by Crippen LogP contribution is 2.40. The fourth-order valence-electron chi connectivity index (χ4n) is 3.63. The van der Waals surface area contributed by atoms with Crippen molar-refractivity contribution >= 4 is 34.5 Å². The summed E-state index contributed by atoms with van der Waals surface area (Å²) in [6, 6.07) is 7.50. The van der Waals surface area contributed by atoms with Gasteiger partial charge in [0.15, 0.2) is 5.17 Å². The monoisotopic (exact) mass is 429 g/mol. The van der Waals surface area contributed by atoms with Crippen LogP contribution in [-0.2, 0) is 14.3 Å². The van der Waals surface area contributed by atoms with E-state index in [-0.39, 0.29) is 23.8 Å². The lowest BCUT2D eigenvalue weighted by molar-refractivity contribution is -0.141. The third-order valence-corrected chi connectivity index (χ3v) is 6.07. The van der Waals surface area contributed by atoms with Crippen LogP contribution in [0.25, 0.3) is 0 Å². The Morgan fingerprint density at radius 2 is 2.17 bits per heavy atom. The average Bonchev–Trinajstić information content (AvgIpc) is 2.71. The molecule has 1 aromatic carbocycles. The van der Waals surface area contributed by atoms with Gasteiger partial charge in [-0.15, -0.1) is 0 Å². The Hall–Kier alpha value is -2.28. The molecule has 3 rings (SSSR count). The summed E-state index contributed by atoms with van der Waals surface area (Å²) in [5.74, 6) is 0.969. The van der Waals surface area contributed by atoms with Crippen molar-refractivity contribution in [1.29, 1.82) is 0 Å². The van der Waals surface area contributed by atoms with Gasteiger partial charge in [0, 0.05) is 24.4 Å². The standard InChI is InChI=1S/C23H31N3O3S/c1-5-8-19(27)25-18-10-6-9-17(13-18)21-20(22(28)29-14-15(2)3)16(4)24-23-26(21)11-7-12-30-23/h6,9-10,13,15,21H,5,7-8,11-12,14H2,1-4H3,(H,25,27). The molecule has 0 aliphatic carbocycles. The van der Waals surface area contributed by atoms with E-state index in [9.17, 15) is 9.59 Å². The minimum atomic E-state index is -0.315. The number of allylic oxidation sites excluding steroid dienone is 1. The molecule has 1 amide bonds. The van der Waals surface area contributed by atoms with Crippen LogP contribution in [-0.4, -0.2) is 40.8 Å². The Balaban J connectivity index is 1.97. The van der Waals surface area contributed by atoms with Crippen molar-refractivity contribution in [3.8, 4) is 0 Å². The second-order valence-electron chi connectivity index (χ2n) is 8.11. The molecule has 2 aliphatic heterocycles. The van der Waals surface area contributed by atoms with Crippen molar-refractivity contribution in [2.24, 2.45) is 10.9 Å². The zero-order chi connectivity index (χ0) is 21.7. The molecule has 0 spiro atoms. The van der Waals surface area contributed by atoms with Crippen LogP contribution in [0, 0.1) is 5.92 Å². The number of nitrogens with one attached hydrogen (secondary N) is 1. The van der Waals surface area contributed by atoms with Crippen LogP contribution in [0.3, 0.4) is 0 Å². The van der Waals surface area contributed by atoms with E-state index in [0.29, 0.717) is 24.3 Å². The molecule has 0 aromatic heterocycles. The van der Waals surface area contributed by atoms with Crippen molar-refractivity contribution < 1.29 is 14.3 Å². The normalized spacial score (nSPS) is 18.8. The molecular weight excluding hydrogens is 398 g/mol. The summed E-state index contributed by atoms with van der Waals surface area (Å²) < 4.78 is 5.60. The van der Waals surface area contributed by atoms with Gasteiger partial charge in [-0.2, -0.15) is 0 Å². The van der Waals surface area contributed by atoms with E-state index in [1.165, 1.54) is 0 Å². The number of esters is 1. The number of nitrogens with zero attached hydrogens (tertiary/aromatic N) is 2. The summed E-state index contributed by atoms with van der Waals surface area (Å²) in [7, 11) is 0. The average molecular weight is 430 g/mol. The summed E-state index contributed by atoms with van der Waals surface area (Å²) >= 11 is 1.72. The van der Waals surface area contributed by atoms with Crippen LogP contribution < -0.4 is 5.32 Å². The van der Waals surface area contributed by atoms with Crippen molar-refractivity contribution in [2.75, 3.05) is 24.2 Å². The van der Waals surface area contributed by atoms with E-state index in [2.05, 4.69) is 10.2 Å². The van der Waals surface area contributed by atoms with Crippen molar-refractivity contribution in [2.45, 2.75) is 53.0 Å². The third kappa shape index (κ3) is 5.25. The summed E-state index contributed by atoms with van der Waals surface area (Å²) in [5, 5.41) is 3.91. The zero-order valence-corrected chi connectivity index (χ0v) is 19.1. The van der Waals surface area contributed by atoms with Crippen LogP contribution in [0.4, 0.5) is 5.69 Å². The molecule has 162 valence electrons. The first kappa shape index (κ1) is 22.4. The second-order valence-corrected chi connectivity index (χ2v) is 9.17. The number of hydrogen-bond acceptors (Lipinski definition) is 6. The van der Waals surface area contributed by atoms with Gasteiger partial charge in [-0.05, 0) is 43.4 Å². The van der Waals surface area contributed by atoms with Crippen LogP contribution in [0.5, 0.6) is 0 Å². The Bertz CT molecular complexity index is 863. The fraction of sp³-hybridized carbons (Fsp3) is 0.522. The lowest BCUT2D eigenvalue weighted by atomic mass is 9.94. The number of benzene rings is 1. The van der Waals surface area contributed by atoms with Gasteiger partial charge < -0.3 is 15.0 Å². The van der Waals surface area contributed by atoms with Crippen molar-refractivity contribution in [1.82, 2.24) is 4.90 Å².